The molecular formula is C19H24N4O3S2. The second-order valence-corrected chi connectivity index (χ2v) is 7.93. The molecule has 3 N–H and O–H groups in total. The Labute approximate surface area is 172 Å². The van der Waals surface area contributed by atoms with Crippen molar-refractivity contribution in [2.45, 2.75) is 31.3 Å². The van der Waals surface area contributed by atoms with Crippen LogP contribution in [0.5, 0.6) is 0 Å². The minimum atomic E-state index is -1.41. The summed E-state index contributed by atoms with van der Waals surface area (Å²) in [5.41, 5.74) is 1.60. The van der Waals surface area contributed by atoms with Gasteiger partial charge in [0, 0.05) is 6.42 Å². The van der Waals surface area contributed by atoms with Crippen LogP contribution in [-0.2, 0) is 21.9 Å². The summed E-state index contributed by atoms with van der Waals surface area (Å²) in [5, 5.41) is 19.4. The number of amidine groups is 1. The Hall–Kier alpha value is -1.65. The first-order valence-electron chi connectivity index (χ1n) is 8.87. The number of aliphatic hydroxyl groups is 1. The molecule has 3 rings (SSSR count). The van der Waals surface area contributed by atoms with Crippen molar-refractivity contribution < 1.29 is 14.6 Å². The van der Waals surface area contributed by atoms with Crippen molar-refractivity contribution in [2.24, 2.45) is 4.99 Å². The van der Waals surface area contributed by atoms with Crippen molar-refractivity contribution in [1.82, 2.24) is 9.97 Å². The Bertz CT molecular complexity index is 828. The van der Waals surface area contributed by atoms with E-state index in [0.29, 0.717) is 42.6 Å². The fourth-order valence-corrected chi connectivity index (χ4v) is 3.63. The van der Waals surface area contributed by atoms with E-state index in [4.69, 9.17) is 14.9 Å². The second-order valence-electron chi connectivity index (χ2n) is 6.34. The van der Waals surface area contributed by atoms with E-state index in [9.17, 15) is 5.11 Å². The van der Waals surface area contributed by atoms with E-state index in [2.05, 4.69) is 15.0 Å². The van der Waals surface area contributed by atoms with E-state index in [0.717, 1.165) is 5.56 Å². The van der Waals surface area contributed by atoms with Crippen molar-refractivity contribution in [3.8, 4) is 0 Å². The summed E-state index contributed by atoms with van der Waals surface area (Å²) in [5.74, 6) is -0.898. The molecule has 0 spiro atoms. The number of rotatable bonds is 6. The molecule has 7 nitrogen and oxygen atoms in total. The highest BCUT2D eigenvalue weighted by Crippen LogP contribution is 2.36. The average molecular weight is 421 g/mol. The Kier molecular flexibility index (Phi) is 7.30. The number of H-pyrrole nitrogens is 1. The van der Waals surface area contributed by atoms with Crippen LogP contribution >= 0.6 is 23.5 Å². The first-order valence-corrected chi connectivity index (χ1v) is 11.3. The number of hydrogen-bond donors (Lipinski definition) is 3. The zero-order valence-electron chi connectivity index (χ0n) is 15.8. The molecule has 1 aromatic carbocycles. The summed E-state index contributed by atoms with van der Waals surface area (Å²) >= 11 is 2.64. The number of ether oxygens (including phenoxy) is 2. The number of aromatic nitrogens is 2. The first kappa shape index (κ1) is 21.1. The van der Waals surface area contributed by atoms with E-state index in [1.54, 1.807) is 12.5 Å². The first-order chi connectivity index (χ1) is 13.5. The fraction of sp³-hybridized carbons (Fsp3) is 0.421. The highest BCUT2D eigenvalue weighted by atomic mass is 32.2. The molecule has 9 heteroatoms. The average Bonchev–Trinajstić information content (AvgIpc) is 3.35. The predicted octanol–water partition coefficient (Wildman–Crippen LogP) is 3.36. The zero-order valence-corrected chi connectivity index (χ0v) is 17.5. The van der Waals surface area contributed by atoms with Crippen LogP contribution in [0.3, 0.4) is 0 Å². The van der Waals surface area contributed by atoms with Gasteiger partial charge in [0.25, 0.3) is 0 Å². The maximum Gasteiger partial charge on any atom is 0.209 e. The maximum atomic E-state index is 10.9. The standard InChI is InChI=1S/C19H24N4O3S2/c1-27-17(23-18(20)28-2)16-21-10-15(22-16)19(24)9-8-14(26-19)12-25-11-13-6-4-3-5-7-13/h3-7,10,14,20,24H,8-9,11-12H2,1-2H3,(H,21,22)/t14-,19+/m0/s1. The van der Waals surface area contributed by atoms with Gasteiger partial charge in [0.15, 0.2) is 11.0 Å². The summed E-state index contributed by atoms with van der Waals surface area (Å²) in [6.45, 7) is 0.933. The monoisotopic (exact) mass is 420 g/mol. The highest BCUT2D eigenvalue weighted by molar-refractivity contribution is 8.15. The van der Waals surface area contributed by atoms with E-state index >= 15 is 0 Å². The third-order valence-corrected chi connectivity index (χ3v) is 5.52. The van der Waals surface area contributed by atoms with E-state index in [-0.39, 0.29) is 11.3 Å². The molecule has 0 radical (unpaired) electrons. The van der Waals surface area contributed by atoms with Gasteiger partial charge in [0.05, 0.1) is 31.2 Å². The molecule has 2 aromatic rings. The molecule has 1 aliphatic rings. The van der Waals surface area contributed by atoms with Crippen molar-refractivity contribution >= 4 is 33.7 Å². The van der Waals surface area contributed by atoms with Gasteiger partial charge in [-0.25, -0.2) is 9.98 Å². The molecule has 28 heavy (non-hydrogen) atoms. The Morgan fingerprint density at radius 2 is 2.18 bits per heavy atom. The second kappa shape index (κ2) is 9.71. The number of imidazole rings is 1. The van der Waals surface area contributed by atoms with Crippen molar-refractivity contribution in [1.29, 1.82) is 5.41 Å². The lowest BCUT2D eigenvalue weighted by atomic mass is 10.1. The minimum absolute atomic E-state index is 0.182. The summed E-state index contributed by atoms with van der Waals surface area (Å²) in [6, 6.07) is 9.96. The molecule has 0 bridgehead atoms. The number of nitrogens with zero attached hydrogens (tertiary/aromatic N) is 2. The van der Waals surface area contributed by atoms with Crippen molar-refractivity contribution in [3.05, 3.63) is 53.6 Å². The number of nitrogens with one attached hydrogen (secondary N) is 2. The molecule has 1 saturated heterocycles. The molecule has 2 atom stereocenters. The zero-order chi connectivity index (χ0) is 20.0. The number of thioether (sulfide) groups is 2. The van der Waals surface area contributed by atoms with Crippen LogP contribution in [0.25, 0.3) is 0 Å². The number of aromatic amines is 1. The number of aliphatic imine (C=N–C) groups is 1. The largest absolute Gasteiger partial charge is 0.374 e. The molecule has 0 aliphatic carbocycles. The van der Waals surface area contributed by atoms with Gasteiger partial charge in [-0.05, 0) is 24.5 Å². The Balaban J connectivity index is 1.59. The summed E-state index contributed by atoms with van der Waals surface area (Å²) in [6.07, 6.45) is 6.21. The molecule has 1 aliphatic heterocycles. The van der Waals surface area contributed by atoms with E-state index in [1.807, 2.05) is 36.6 Å². The summed E-state index contributed by atoms with van der Waals surface area (Å²) < 4.78 is 11.6. The summed E-state index contributed by atoms with van der Waals surface area (Å²) in [7, 11) is 0. The quantitative estimate of drug-likeness (QED) is 0.489. The topological polar surface area (TPSA) is 104 Å². The number of hydrogen-bond acceptors (Lipinski definition) is 7. The smallest absolute Gasteiger partial charge is 0.209 e. The van der Waals surface area contributed by atoms with Gasteiger partial charge in [0.2, 0.25) is 5.79 Å². The van der Waals surface area contributed by atoms with Gasteiger partial charge in [-0.2, -0.15) is 0 Å². The van der Waals surface area contributed by atoms with Crippen LogP contribution in [0, 0.1) is 5.41 Å². The lowest BCUT2D eigenvalue weighted by Gasteiger charge is -2.21. The molecule has 2 heterocycles. The molecule has 0 saturated carbocycles. The lowest BCUT2D eigenvalue weighted by Crippen LogP contribution is -2.28. The Morgan fingerprint density at radius 1 is 1.39 bits per heavy atom. The van der Waals surface area contributed by atoms with Crippen LogP contribution in [0.4, 0.5) is 0 Å². The van der Waals surface area contributed by atoms with Crippen LogP contribution in [-0.4, -0.2) is 50.5 Å². The lowest BCUT2D eigenvalue weighted by molar-refractivity contribution is -0.210. The normalized spacial score (nSPS) is 22.5. The van der Waals surface area contributed by atoms with Gasteiger partial charge >= 0.3 is 0 Å². The van der Waals surface area contributed by atoms with Crippen LogP contribution in [0.15, 0.2) is 41.5 Å². The van der Waals surface area contributed by atoms with E-state index in [1.165, 1.54) is 23.5 Å². The molecule has 1 fully saturated rings. The van der Waals surface area contributed by atoms with Crippen molar-refractivity contribution in [3.63, 3.8) is 0 Å². The molecular weight excluding hydrogens is 396 g/mol. The van der Waals surface area contributed by atoms with E-state index < -0.39 is 5.79 Å². The van der Waals surface area contributed by atoms with Gasteiger partial charge < -0.3 is 19.6 Å². The minimum Gasteiger partial charge on any atom is -0.374 e. The highest BCUT2D eigenvalue weighted by Gasteiger charge is 2.41. The molecule has 0 unspecified atom stereocenters. The molecule has 0 amide bonds. The Morgan fingerprint density at radius 3 is 2.89 bits per heavy atom. The van der Waals surface area contributed by atoms with Crippen molar-refractivity contribution in [2.75, 3.05) is 19.1 Å². The third-order valence-electron chi connectivity index (χ3n) is 4.37. The predicted molar refractivity (Wildman–Crippen MR) is 114 cm³/mol. The molecule has 150 valence electrons. The van der Waals surface area contributed by atoms with Gasteiger partial charge in [-0.1, -0.05) is 42.1 Å². The van der Waals surface area contributed by atoms with Crippen LogP contribution < -0.4 is 0 Å². The fourth-order valence-electron chi connectivity index (χ4n) is 2.91. The maximum absolute atomic E-state index is 10.9. The third kappa shape index (κ3) is 5.24. The number of benzene rings is 1. The SMILES string of the molecule is CSC(=N)N=C(SC)c1ncc([C@@]2(O)CC[C@@H](COCc3ccccc3)O2)[nH]1. The van der Waals surface area contributed by atoms with Crippen LogP contribution in [0.1, 0.15) is 29.9 Å². The van der Waals surface area contributed by atoms with Crippen LogP contribution in [0.2, 0.25) is 0 Å². The van der Waals surface area contributed by atoms with Gasteiger partial charge in [-0.3, -0.25) is 5.41 Å². The summed E-state index contributed by atoms with van der Waals surface area (Å²) in [4.78, 5) is 11.6. The van der Waals surface area contributed by atoms with Gasteiger partial charge in [-0.15, -0.1) is 11.8 Å². The molecule has 1 aromatic heterocycles. The van der Waals surface area contributed by atoms with Gasteiger partial charge in [0.1, 0.15) is 5.04 Å².